The number of fused-ring (bicyclic) bond motifs is 1. The van der Waals surface area contributed by atoms with Gasteiger partial charge in [-0.2, -0.15) is 9.61 Å². The number of nitrogens with zero attached hydrogens (tertiary/aromatic N) is 4. The number of likely N-dealkylation sites (tertiary alicyclic amines) is 1. The summed E-state index contributed by atoms with van der Waals surface area (Å²) in [6, 6.07) is 5.84. The number of aryl methyl sites for hydroxylation is 3. The molecule has 1 saturated heterocycles. The second kappa shape index (κ2) is 7.06. The average Bonchev–Trinajstić information content (AvgIpc) is 3.32. The molecule has 0 radical (unpaired) electrons. The summed E-state index contributed by atoms with van der Waals surface area (Å²) in [5.41, 5.74) is 4.09. The lowest BCUT2D eigenvalue weighted by Crippen LogP contribution is -2.42. The maximum atomic E-state index is 12.4. The molecule has 1 aliphatic heterocycles. The highest BCUT2D eigenvalue weighted by Gasteiger charge is 2.25. The van der Waals surface area contributed by atoms with E-state index in [1.807, 2.05) is 16.3 Å². The molecule has 7 heteroatoms. The molecule has 1 N–H and O–H groups in total. The van der Waals surface area contributed by atoms with E-state index in [9.17, 15) is 4.79 Å². The zero-order chi connectivity index (χ0) is 19.0. The molecule has 4 rings (SSSR count). The monoisotopic (exact) mass is 367 g/mol. The van der Waals surface area contributed by atoms with E-state index in [1.165, 1.54) is 6.26 Å². The van der Waals surface area contributed by atoms with Crippen molar-refractivity contribution >= 4 is 17.4 Å². The van der Waals surface area contributed by atoms with Crippen LogP contribution in [0, 0.1) is 13.8 Å². The van der Waals surface area contributed by atoms with Gasteiger partial charge in [-0.05, 0) is 45.2 Å². The second-order valence-corrected chi connectivity index (χ2v) is 7.12. The van der Waals surface area contributed by atoms with Gasteiger partial charge < -0.3 is 14.6 Å². The second-order valence-electron chi connectivity index (χ2n) is 7.12. The molecule has 27 heavy (non-hydrogen) atoms. The fraction of sp³-hybridized carbons (Fsp3) is 0.450. The van der Waals surface area contributed by atoms with E-state index < -0.39 is 0 Å². The van der Waals surface area contributed by atoms with Gasteiger partial charge in [-0.25, -0.2) is 4.98 Å². The summed E-state index contributed by atoms with van der Waals surface area (Å²) >= 11 is 0. The van der Waals surface area contributed by atoms with Crippen LogP contribution in [0.1, 0.15) is 47.3 Å². The Hall–Kier alpha value is -2.83. The number of hydrogen-bond donors (Lipinski definition) is 1. The highest BCUT2D eigenvalue weighted by molar-refractivity contribution is 5.91. The number of anilines is 1. The van der Waals surface area contributed by atoms with Crippen molar-refractivity contribution in [3.63, 3.8) is 0 Å². The third-order valence-electron chi connectivity index (χ3n) is 5.34. The van der Waals surface area contributed by atoms with E-state index in [0.29, 0.717) is 24.9 Å². The lowest BCUT2D eigenvalue weighted by atomic mass is 10.0. The summed E-state index contributed by atoms with van der Waals surface area (Å²) in [7, 11) is 0. The van der Waals surface area contributed by atoms with Crippen molar-refractivity contribution in [1.82, 2.24) is 19.5 Å². The molecule has 0 aliphatic carbocycles. The van der Waals surface area contributed by atoms with Crippen molar-refractivity contribution in [3.05, 3.63) is 47.2 Å². The predicted octanol–water partition coefficient (Wildman–Crippen LogP) is 3.22. The fourth-order valence-corrected chi connectivity index (χ4v) is 3.56. The number of hydrogen-bond acceptors (Lipinski definition) is 5. The lowest BCUT2D eigenvalue weighted by Gasteiger charge is -2.32. The van der Waals surface area contributed by atoms with Gasteiger partial charge in [0.15, 0.2) is 11.4 Å². The molecular formula is C20H25N5O2. The molecule has 0 atom stereocenters. The zero-order valence-corrected chi connectivity index (χ0v) is 16.0. The number of rotatable bonds is 4. The minimum absolute atomic E-state index is 0.0312. The molecule has 0 saturated carbocycles. The Bertz CT molecular complexity index is 953. The SMILES string of the molecule is CCc1cc(NC2CCN(C(=O)c3ccco3)CC2)n2nc(C)c(C)c2n1. The number of carbonyl (C=O) groups is 1. The Morgan fingerprint density at radius 2 is 2.11 bits per heavy atom. The zero-order valence-electron chi connectivity index (χ0n) is 16.0. The molecule has 3 aromatic heterocycles. The Balaban J connectivity index is 1.49. The molecule has 0 bridgehead atoms. The van der Waals surface area contributed by atoms with E-state index >= 15 is 0 Å². The minimum atomic E-state index is -0.0312. The number of piperidine rings is 1. The lowest BCUT2D eigenvalue weighted by molar-refractivity contribution is 0.0686. The van der Waals surface area contributed by atoms with Crippen LogP contribution in [0.4, 0.5) is 5.82 Å². The minimum Gasteiger partial charge on any atom is -0.459 e. The quantitative estimate of drug-likeness (QED) is 0.766. The molecule has 7 nitrogen and oxygen atoms in total. The number of amides is 1. The highest BCUT2D eigenvalue weighted by Crippen LogP contribution is 2.22. The van der Waals surface area contributed by atoms with Crippen LogP contribution >= 0.6 is 0 Å². The Morgan fingerprint density at radius 3 is 2.78 bits per heavy atom. The van der Waals surface area contributed by atoms with E-state index in [0.717, 1.165) is 47.7 Å². The number of carbonyl (C=O) groups excluding carboxylic acids is 1. The molecule has 142 valence electrons. The first-order valence-corrected chi connectivity index (χ1v) is 9.52. The summed E-state index contributed by atoms with van der Waals surface area (Å²) in [6.45, 7) is 7.61. The van der Waals surface area contributed by atoms with Crippen molar-refractivity contribution in [2.75, 3.05) is 18.4 Å². The van der Waals surface area contributed by atoms with Crippen LogP contribution in [-0.2, 0) is 6.42 Å². The molecule has 4 heterocycles. The van der Waals surface area contributed by atoms with Crippen LogP contribution in [0.2, 0.25) is 0 Å². The smallest absolute Gasteiger partial charge is 0.289 e. The van der Waals surface area contributed by atoms with Gasteiger partial charge in [0.05, 0.1) is 12.0 Å². The van der Waals surface area contributed by atoms with Crippen LogP contribution < -0.4 is 5.32 Å². The number of nitrogens with one attached hydrogen (secondary N) is 1. The average molecular weight is 367 g/mol. The Labute approximate surface area is 158 Å². The van der Waals surface area contributed by atoms with Crippen molar-refractivity contribution in [3.8, 4) is 0 Å². The molecule has 0 unspecified atom stereocenters. The van der Waals surface area contributed by atoms with Gasteiger partial charge in [0.25, 0.3) is 5.91 Å². The van der Waals surface area contributed by atoms with Gasteiger partial charge >= 0.3 is 0 Å². The van der Waals surface area contributed by atoms with Crippen molar-refractivity contribution in [2.45, 2.75) is 46.1 Å². The third kappa shape index (κ3) is 3.29. The van der Waals surface area contributed by atoms with Gasteiger partial charge in [0.2, 0.25) is 0 Å². The summed E-state index contributed by atoms with van der Waals surface area (Å²) < 4.78 is 7.14. The maximum Gasteiger partial charge on any atom is 0.289 e. The van der Waals surface area contributed by atoms with E-state index in [4.69, 9.17) is 9.40 Å². The van der Waals surface area contributed by atoms with E-state index in [-0.39, 0.29) is 5.91 Å². The summed E-state index contributed by atoms with van der Waals surface area (Å²) in [6.07, 6.45) is 4.19. The topological polar surface area (TPSA) is 75.7 Å². The van der Waals surface area contributed by atoms with E-state index in [1.54, 1.807) is 12.1 Å². The molecular weight excluding hydrogens is 342 g/mol. The fourth-order valence-electron chi connectivity index (χ4n) is 3.56. The summed E-state index contributed by atoms with van der Waals surface area (Å²) in [5, 5.41) is 8.28. The molecule has 1 amide bonds. The van der Waals surface area contributed by atoms with Gasteiger partial charge in [0, 0.05) is 36.5 Å². The van der Waals surface area contributed by atoms with Crippen molar-refractivity contribution in [1.29, 1.82) is 0 Å². The van der Waals surface area contributed by atoms with Crippen LogP contribution in [0.25, 0.3) is 5.65 Å². The largest absolute Gasteiger partial charge is 0.459 e. The van der Waals surface area contributed by atoms with Gasteiger partial charge in [-0.15, -0.1) is 0 Å². The maximum absolute atomic E-state index is 12.4. The number of furan rings is 1. The van der Waals surface area contributed by atoms with Crippen LogP contribution in [0.3, 0.4) is 0 Å². The number of aromatic nitrogens is 3. The Morgan fingerprint density at radius 1 is 1.33 bits per heavy atom. The van der Waals surface area contributed by atoms with E-state index in [2.05, 4.69) is 30.3 Å². The van der Waals surface area contributed by atoms with Crippen LogP contribution in [0.5, 0.6) is 0 Å². The first kappa shape index (κ1) is 17.6. The molecule has 0 aromatic carbocycles. The van der Waals surface area contributed by atoms with Crippen LogP contribution in [0.15, 0.2) is 28.9 Å². The third-order valence-corrected chi connectivity index (χ3v) is 5.34. The summed E-state index contributed by atoms with van der Waals surface area (Å²) in [5.74, 6) is 1.35. The predicted molar refractivity (Wildman–Crippen MR) is 103 cm³/mol. The molecule has 0 spiro atoms. The highest BCUT2D eigenvalue weighted by atomic mass is 16.3. The first-order chi connectivity index (χ1) is 13.1. The molecule has 1 aliphatic rings. The van der Waals surface area contributed by atoms with Crippen molar-refractivity contribution < 1.29 is 9.21 Å². The first-order valence-electron chi connectivity index (χ1n) is 9.52. The van der Waals surface area contributed by atoms with Crippen LogP contribution in [-0.4, -0.2) is 44.5 Å². The van der Waals surface area contributed by atoms with Crippen molar-refractivity contribution in [2.24, 2.45) is 0 Å². The van der Waals surface area contributed by atoms with Gasteiger partial charge in [-0.1, -0.05) is 6.92 Å². The standard InChI is InChI=1S/C20H25N5O2/c1-4-15-12-18(25-19(22-15)13(2)14(3)23-25)21-16-7-9-24(10-8-16)20(26)17-6-5-11-27-17/h5-6,11-12,16,21H,4,7-10H2,1-3H3. The Kier molecular flexibility index (Phi) is 4.59. The molecule has 3 aromatic rings. The normalized spacial score (nSPS) is 15.4. The van der Waals surface area contributed by atoms with Gasteiger partial charge in [0.1, 0.15) is 5.82 Å². The summed E-state index contributed by atoms with van der Waals surface area (Å²) in [4.78, 5) is 19.0. The molecule has 1 fully saturated rings. The van der Waals surface area contributed by atoms with Gasteiger partial charge in [-0.3, -0.25) is 4.79 Å².